The van der Waals surface area contributed by atoms with E-state index in [0.717, 1.165) is 42.4 Å². The van der Waals surface area contributed by atoms with Crippen LogP contribution in [0, 0.1) is 0 Å². The van der Waals surface area contributed by atoms with Gasteiger partial charge in [-0.15, -0.1) is 11.3 Å². The molecule has 0 aliphatic carbocycles. The van der Waals surface area contributed by atoms with Crippen LogP contribution in [-0.2, 0) is 4.74 Å². The van der Waals surface area contributed by atoms with Crippen molar-refractivity contribution in [3.63, 3.8) is 0 Å². The minimum absolute atomic E-state index is 0.0393. The lowest BCUT2D eigenvalue weighted by Gasteiger charge is -2.29. The minimum Gasteiger partial charge on any atom is -0.378 e. The van der Waals surface area contributed by atoms with Gasteiger partial charge in [0.25, 0.3) is 5.91 Å². The fraction of sp³-hybridized carbons (Fsp3) is 0.440. The van der Waals surface area contributed by atoms with Crippen molar-refractivity contribution in [3.05, 3.63) is 48.0 Å². The highest BCUT2D eigenvalue weighted by molar-refractivity contribution is 7.22. The molecule has 2 aliphatic heterocycles. The number of benzene rings is 1. The Hall–Kier alpha value is -2.48. The van der Waals surface area contributed by atoms with Crippen molar-refractivity contribution in [3.8, 4) is 10.6 Å². The molecule has 1 N–H and O–H groups in total. The van der Waals surface area contributed by atoms with Gasteiger partial charge < -0.3 is 19.9 Å². The molecule has 0 unspecified atom stereocenters. The van der Waals surface area contributed by atoms with Crippen molar-refractivity contribution < 1.29 is 9.53 Å². The van der Waals surface area contributed by atoms with E-state index in [1.807, 2.05) is 12.1 Å². The number of amides is 1. The second-order valence-corrected chi connectivity index (χ2v) is 9.72. The summed E-state index contributed by atoms with van der Waals surface area (Å²) >= 11 is 1.74. The second kappa shape index (κ2) is 9.57. The molecule has 3 aromatic rings. The quantitative estimate of drug-likeness (QED) is 0.615. The zero-order chi connectivity index (χ0) is 21.9. The van der Waals surface area contributed by atoms with Gasteiger partial charge in [0.05, 0.1) is 29.3 Å². The van der Waals surface area contributed by atoms with Gasteiger partial charge in [0.1, 0.15) is 5.82 Å². The molecule has 0 saturated carbocycles. The SMILES string of the molecule is CN1CCC[C@@H]1CCNC(=O)c1ccc(-c2cc3ccccc3s2)nc1N1CCOCC1. The number of nitrogens with one attached hydrogen (secondary N) is 1. The molecule has 1 atom stereocenters. The number of anilines is 1. The Labute approximate surface area is 193 Å². The summed E-state index contributed by atoms with van der Waals surface area (Å²) in [5, 5.41) is 4.37. The number of hydrogen-bond acceptors (Lipinski definition) is 6. The number of hydrogen-bond donors (Lipinski definition) is 1. The highest BCUT2D eigenvalue weighted by Crippen LogP contribution is 2.34. The van der Waals surface area contributed by atoms with E-state index in [1.165, 1.54) is 22.9 Å². The first-order valence-electron chi connectivity index (χ1n) is 11.5. The summed E-state index contributed by atoms with van der Waals surface area (Å²) in [7, 11) is 2.17. The maximum absolute atomic E-state index is 13.1. The van der Waals surface area contributed by atoms with Crippen molar-refractivity contribution in [1.29, 1.82) is 0 Å². The lowest BCUT2D eigenvalue weighted by molar-refractivity contribution is 0.0948. The van der Waals surface area contributed by atoms with E-state index >= 15 is 0 Å². The first-order chi connectivity index (χ1) is 15.7. The molecule has 168 valence electrons. The fourth-order valence-electron chi connectivity index (χ4n) is 4.68. The molecule has 1 aromatic carbocycles. The number of fused-ring (bicyclic) bond motifs is 1. The third-order valence-electron chi connectivity index (χ3n) is 6.54. The first kappa shape index (κ1) is 21.4. The molecule has 7 heteroatoms. The highest BCUT2D eigenvalue weighted by atomic mass is 32.1. The number of morpholine rings is 1. The Morgan fingerprint density at radius 2 is 2.03 bits per heavy atom. The van der Waals surface area contributed by atoms with Gasteiger partial charge in [0.15, 0.2) is 0 Å². The summed E-state index contributed by atoms with van der Waals surface area (Å²) in [6.07, 6.45) is 3.46. The molecule has 32 heavy (non-hydrogen) atoms. The van der Waals surface area contributed by atoms with Crippen molar-refractivity contribution in [2.45, 2.75) is 25.3 Å². The number of aromatic nitrogens is 1. The van der Waals surface area contributed by atoms with Gasteiger partial charge in [-0.2, -0.15) is 0 Å². The number of pyridine rings is 1. The van der Waals surface area contributed by atoms with Crippen molar-refractivity contribution in [2.75, 3.05) is 51.3 Å². The molecule has 4 heterocycles. The summed E-state index contributed by atoms with van der Waals surface area (Å²) in [6, 6.07) is 15.1. The predicted molar refractivity (Wildman–Crippen MR) is 131 cm³/mol. The molecule has 2 aromatic heterocycles. The number of carbonyl (C=O) groups excluding carboxylic acids is 1. The Bertz CT molecular complexity index is 1060. The van der Waals surface area contributed by atoms with Crippen LogP contribution in [-0.4, -0.2) is 68.3 Å². The van der Waals surface area contributed by atoms with Crippen LogP contribution < -0.4 is 10.2 Å². The van der Waals surface area contributed by atoms with Crippen LogP contribution in [0.25, 0.3) is 20.7 Å². The van der Waals surface area contributed by atoms with E-state index in [-0.39, 0.29) is 5.91 Å². The molecule has 0 spiro atoms. The van der Waals surface area contributed by atoms with Gasteiger partial charge in [0.2, 0.25) is 0 Å². The summed E-state index contributed by atoms with van der Waals surface area (Å²) in [5.41, 5.74) is 1.56. The standard InChI is InChI=1S/C25H30N4O2S/c1-28-12-4-6-19(28)10-11-26-25(30)20-8-9-21(27-24(20)29-13-15-31-16-14-29)23-17-18-5-2-3-7-22(18)32-23/h2-3,5,7-9,17,19H,4,6,10-16H2,1H3,(H,26,30)/t19-/m1/s1. The van der Waals surface area contributed by atoms with E-state index in [4.69, 9.17) is 9.72 Å². The third kappa shape index (κ3) is 4.51. The van der Waals surface area contributed by atoms with Gasteiger partial charge in [0, 0.05) is 30.4 Å². The zero-order valence-electron chi connectivity index (χ0n) is 18.5. The fourth-order valence-corrected chi connectivity index (χ4v) is 5.71. The Balaban J connectivity index is 1.39. The van der Waals surface area contributed by atoms with Crippen LogP contribution in [0.4, 0.5) is 5.82 Å². The van der Waals surface area contributed by atoms with Crippen molar-refractivity contribution in [1.82, 2.24) is 15.2 Å². The molecule has 1 amide bonds. The average Bonchev–Trinajstić information content (AvgIpc) is 3.45. The van der Waals surface area contributed by atoms with E-state index in [2.05, 4.69) is 52.5 Å². The Morgan fingerprint density at radius 3 is 2.81 bits per heavy atom. The van der Waals surface area contributed by atoms with E-state index in [1.54, 1.807) is 11.3 Å². The molecule has 5 rings (SSSR count). The van der Waals surface area contributed by atoms with Gasteiger partial charge in [-0.1, -0.05) is 18.2 Å². The summed E-state index contributed by atoms with van der Waals surface area (Å²) in [4.78, 5) is 23.8. The van der Waals surface area contributed by atoms with Crippen LogP contribution in [0.2, 0.25) is 0 Å². The van der Waals surface area contributed by atoms with Crippen LogP contribution in [0.3, 0.4) is 0 Å². The summed E-state index contributed by atoms with van der Waals surface area (Å²) < 4.78 is 6.78. The number of rotatable bonds is 6. The van der Waals surface area contributed by atoms with E-state index in [9.17, 15) is 4.79 Å². The molecule has 0 bridgehead atoms. The normalized spacial score (nSPS) is 19.5. The number of thiophene rings is 1. The van der Waals surface area contributed by atoms with Crippen LogP contribution >= 0.6 is 11.3 Å². The maximum atomic E-state index is 13.1. The number of ether oxygens (including phenoxy) is 1. The molecule has 0 radical (unpaired) electrons. The first-order valence-corrected chi connectivity index (χ1v) is 12.3. The van der Waals surface area contributed by atoms with Crippen LogP contribution in [0.15, 0.2) is 42.5 Å². The maximum Gasteiger partial charge on any atom is 0.255 e. The lowest BCUT2D eigenvalue weighted by Crippen LogP contribution is -2.39. The zero-order valence-corrected chi connectivity index (χ0v) is 19.4. The average molecular weight is 451 g/mol. The minimum atomic E-state index is -0.0393. The molecule has 2 aliphatic rings. The molecule has 2 saturated heterocycles. The Kier molecular flexibility index (Phi) is 6.39. The number of carbonyl (C=O) groups is 1. The van der Waals surface area contributed by atoms with Crippen molar-refractivity contribution >= 4 is 33.1 Å². The van der Waals surface area contributed by atoms with Crippen molar-refractivity contribution in [2.24, 2.45) is 0 Å². The van der Waals surface area contributed by atoms with E-state index < -0.39 is 0 Å². The van der Waals surface area contributed by atoms with Gasteiger partial charge in [-0.05, 0) is 62.5 Å². The predicted octanol–water partition coefficient (Wildman–Crippen LogP) is 4.01. The van der Waals surface area contributed by atoms with Gasteiger partial charge in [-0.25, -0.2) is 4.98 Å². The lowest BCUT2D eigenvalue weighted by atomic mass is 10.1. The smallest absolute Gasteiger partial charge is 0.255 e. The van der Waals surface area contributed by atoms with Crippen LogP contribution in [0.1, 0.15) is 29.6 Å². The van der Waals surface area contributed by atoms with Gasteiger partial charge >= 0.3 is 0 Å². The molecular formula is C25H30N4O2S. The van der Waals surface area contributed by atoms with Crippen LogP contribution in [0.5, 0.6) is 0 Å². The topological polar surface area (TPSA) is 57.7 Å². The van der Waals surface area contributed by atoms with Gasteiger partial charge in [-0.3, -0.25) is 4.79 Å². The highest BCUT2D eigenvalue weighted by Gasteiger charge is 2.23. The summed E-state index contributed by atoms with van der Waals surface area (Å²) in [5.74, 6) is 0.723. The molecule has 2 fully saturated rings. The molecule has 6 nitrogen and oxygen atoms in total. The largest absolute Gasteiger partial charge is 0.378 e. The molecular weight excluding hydrogens is 420 g/mol. The Morgan fingerprint density at radius 1 is 1.19 bits per heavy atom. The number of likely N-dealkylation sites (tertiary alicyclic amines) is 1. The second-order valence-electron chi connectivity index (χ2n) is 8.64. The monoisotopic (exact) mass is 450 g/mol. The summed E-state index contributed by atoms with van der Waals surface area (Å²) in [6.45, 7) is 4.65. The number of nitrogens with zero attached hydrogens (tertiary/aromatic N) is 3. The third-order valence-corrected chi connectivity index (χ3v) is 7.68. The van der Waals surface area contributed by atoms with E-state index in [0.29, 0.717) is 31.4 Å².